The van der Waals surface area contributed by atoms with Crippen LogP contribution in [-0.4, -0.2) is 51.5 Å². The van der Waals surface area contributed by atoms with Crippen molar-refractivity contribution < 1.29 is 28.6 Å². The molecule has 1 N–H and O–H groups in total. The zero-order chi connectivity index (χ0) is 30.0. The number of esters is 2. The monoisotopic (exact) mass is 579 g/mol. The molecule has 0 saturated carbocycles. The Labute approximate surface area is 245 Å². The zero-order valence-corrected chi connectivity index (χ0v) is 26.3. The second-order valence-electron chi connectivity index (χ2n) is 12.1. The first kappa shape index (κ1) is 32.1. The molecule has 7 nitrogen and oxygen atoms in total. The van der Waals surface area contributed by atoms with Crippen molar-refractivity contribution >= 4 is 26.1 Å². The van der Waals surface area contributed by atoms with Gasteiger partial charge in [-0.15, -0.1) is 0 Å². The summed E-state index contributed by atoms with van der Waals surface area (Å²) < 4.78 is 16.8. The highest BCUT2D eigenvalue weighted by atomic mass is 28.3. The second kappa shape index (κ2) is 15.0. The molecule has 222 valence electrons. The number of hydrogen-bond donors (Lipinski definition) is 1. The van der Waals surface area contributed by atoms with Gasteiger partial charge in [0.2, 0.25) is 0 Å². The van der Waals surface area contributed by atoms with Crippen molar-refractivity contribution in [3.8, 4) is 11.1 Å². The molecule has 1 aliphatic carbocycles. The maximum absolute atomic E-state index is 13.2. The zero-order valence-electron chi connectivity index (χ0n) is 25.3. The van der Waals surface area contributed by atoms with E-state index in [9.17, 15) is 14.4 Å². The molecule has 0 radical (unpaired) electrons. The predicted octanol–water partition coefficient (Wildman–Crippen LogP) is 7.09. The third-order valence-corrected chi connectivity index (χ3v) is 8.80. The Bertz CT molecular complexity index is 1170. The van der Waals surface area contributed by atoms with Crippen LogP contribution in [0.2, 0.25) is 25.7 Å². The molecule has 1 amide bonds. The first-order valence-corrected chi connectivity index (χ1v) is 18.3. The fourth-order valence-corrected chi connectivity index (χ4v) is 5.46. The van der Waals surface area contributed by atoms with Gasteiger partial charge >= 0.3 is 18.0 Å². The molecule has 2 aromatic carbocycles. The van der Waals surface area contributed by atoms with Gasteiger partial charge in [-0.2, -0.15) is 0 Å². The van der Waals surface area contributed by atoms with Crippen LogP contribution in [0.15, 0.2) is 60.7 Å². The molecule has 8 heteroatoms. The van der Waals surface area contributed by atoms with Crippen LogP contribution in [0.3, 0.4) is 0 Å². The summed E-state index contributed by atoms with van der Waals surface area (Å²) >= 11 is 0. The summed E-state index contributed by atoms with van der Waals surface area (Å²) in [6, 6.07) is 16.2. The third-order valence-electron chi connectivity index (χ3n) is 7.09. The summed E-state index contributed by atoms with van der Waals surface area (Å²) in [6.07, 6.45) is 3.81. The van der Waals surface area contributed by atoms with Gasteiger partial charge in [-0.25, -0.2) is 9.59 Å². The largest absolute Gasteiger partial charge is 0.466 e. The molecule has 41 heavy (non-hydrogen) atoms. The normalized spacial score (nSPS) is 14.3. The van der Waals surface area contributed by atoms with E-state index in [1.807, 2.05) is 51.1 Å². The van der Waals surface area contributed by atoms with Crippen LogP contribution in [0.5, 0.6) is 0 Å². The lowest BCUT2D eigenvalue weighted by Gasteiger charge is -2.24. The van der Waals surface area contributed by atoms with E-state index < -0.39 is 38.3 Å². The molecular formula is C33H45NO6Si. The number of rotatable bonds is 14. The van der Waals surface area contributed by atoms with E-state index in [0.717, 1.165) is 41.1 Å². The van der Waals surface area contributed by atoms with Crippen LogP contribution >= 0.6 is 0 Å². The van der Waals surface area contributed by atoms with E-state index >= 15 is 0 Å². The van der Waals surface area contributed by atoms with Gasteiger partial charge in [-0.3, -0.25) is 4.79 Å². The molecule has 0 aromatic heterocycles. The number of carbonyl (C=O) groups excluding carboxylic acids is 3. The van der Waals surface area contributed by atoms with Crippen LogP contribution in [0, 0.1) is 5.92 Å². The number of unbranched alkanes of at least 4 members (excludes halogenated alkanes) is 1. The molecule has 1 aliphatic rings. The van der Waals surface area contributed by atoms with Crippen LogP contribution in [0.25, 0.3) is 11.1 Å². The van der Waals surface area contributed by atoms with E-state index in [1.165, 1.54) is 0 Å². The number of alkyl carbamates (subject to hydrolysis) is 1. The third kappa shape index (κ3) is 9.59. The molecule has 0 fully saturated rings. The number of nitrogens with one attached hydrogen (secondary N) is 1. The minimum Gasteiger partial charge on any atom is -0.466 e. The average molecular weight is 580 g/mol. The van der Waals surface area contributed by atoms with Gasteiger partial charge in [0.05, 0.1) is 13.0 Å². The standard InChI is InChI=1S/C33H45NO6Si/c1-7-8-9-14-24(21-30(35)38-19-20-41(4,5)6)40-32(36)31(23(2)3)34-33(37)39-22-29-27-17-12-10-15-25(27)26-16-11-13-18-28(26)29/h9-18,23-24,29,31H,7-8,19-22H2,1-6H3,(H,34,37)/b14-9+/t24-,31+/m1/s1. The number of benzene rings is 2. The summed E-state index contributed by atoms with van der Waals surface area (Å²) in [7, 11) is -1.34. The Morgan fingerprint density at radius 1 is 0.951 bits per heavy atom. The highest BCUT2D eigenvalue weighted by Gasteiger charge is 2.32. The molecule has 3 rings (SSSR count). The van der Waals surface area contributed by atoms with Crippen LogP contribution < -0.4 is 5.32 Å². The molecule has 0 aliphatic heterocycles. The average Bonchev–Trinajstić information content (AvgIpc) is 3.23. The molecule has 2 aromatic rings. The van der Waals surface area contributed by atoms with Gasteiger partial charge in [0.1, 0.15) is 18.8 Å². The SMILES string of the molecule is CCC/C=C/[C@H](CC(=O)OCC[Si](C)(C)C)OC(=O)[C@@H](NC(=O)OCC1c2ccccc2-c2ccccc21)C(C)C. The van der Waals surface area contributed by atoms with Crippen molar-refractivity contribution in [2.45, 2.75) is 83.8 Å². The van der Waals surface area contributed by atoms with Gasteiger partial charge in [-0.05, 0) is 46.7 Å². The van der Waals surface area contributed by atoms with E-state index in [0.29, 0.717) is 6.61 Å². The summed E-state index contributed by atoms with van der Waals surface area (Å²) in [5.41, 5.74) is 4.50. The van der Waals surface area contributed by atoms with E-state index in [4.69, 9.17) is 14.2 Å². The molecule has 0 spiro atoms. The van der Waals surface area contributed by atoms with Crippen molar-refractivity contribution in [2.75, 3.05) is 13.2 Å². The number of allylic oxidation sites excluding steroid dienone is 1. The van der Waals surface area contributed by atoms with Gasteiger partial charge in [0, 0.05) is 14.0 Å². The smallest absolute Gasteiger partial charge is 0.407 e. The minimum atomic E-state index is -1.34. The highest BCUT2D eigenvalue weighted by molar-refractivity contribution is 6.76. The number of hydrogen-bond acceptors (Lipinski definition) is 6. The molecular weight excluding hydrogens is 534 g/mol. The van der Waals surface area contributed by atoms with Gasteiger partial charge in [0.15, 0.2) is 0 Å². The topological polar surface area (TPSA) is 90.9 Å². The lowest BCUT2D eigenvalue weighted by Crippen LogP contribution is -2.46. The predicted molar refractivity (Wildman–Crippen MR) is 164 cm³/mol. The number of ether oxygens (including phenoxy) is 3. The summed E-state index contributed by atoms with van der Waals surface area (Å²) in [5.74, 6) is -1.37. The molecule has 0 bridgehead atoms. The fourth-order valence-electron chi connectivity index (χ4n) is 4.75. The van der Waals surface area contributed by atoms with Gasteiger partial charge in [0.25, 0.3) is 0 Å². The Morgan fingerprint density at radius 2 is 1.56 bits per heavy atom. The summed E-state index contributed by atoms with van der Waals surface area (Å²) in [4.78, 5) is 38.6. The van der Waals surface area contributed by atoms with Crippen molar-refractivity contribution in [1.82, 2.24) is 5.32 Å². The maximum Gasteiger partial charge on any atom is 0.407 e. The molecule has 0 heterocycles. The van der Waals surface area contributed by atoms with Crippen molar-refractivity contribution in [3.63, 3.8) is 0 Å². The van der Waals surface area contributed by atoms with Crippen molar-refractivity contribution in [2.24, 2.45) is 5.92 Å². The van der Waals surface area contributed by atoms with Crippen LogP contribution in [-0.2, 0) is 23.8 Å². The first-order valence-electron chi connectivity index (χ1n) is 14.6. The molecule has 2 atom stereocenters. The Hall–Kier alpha value is -3.39. The highest BCUT2D eigenvalue weighted by Crippen LogP contribution is 2.44. The quantitative estimate of drug-likeness (QED) is 0.111. The van der Waals surface area contributed by atoms with Crippen LogP contribution in [0.1, 0.15) is 57.1 Å². The fraction of sp³-hybridized carbons (Fsp3) is 0.485. The van der Waals surface area contributed by atoms with Gasteiger partial charge < -0.3 is 19.5 Å². The summed E-state index contributed by atoms with van der Waals surface area (Å²) in [6.45, 7) is 12.8. The minimum absolute atomic E-state index is 0.0760. The lowest BCUT2D eigenvalue weighted by atomic mass is 9.98. The Balaban J connectivity index is 1.61. The van der Waals surface area contributed by atoms with E-state index in [1.54, 1.807) is 6.08 Å². The Morgan fingerprint density at radius 3 is 2.12 bits per heavy atom. The van der Waals surface area contributed by atoms with E-state index in [2.05, 4.69) is 49.2 Å². The summed E-state index contributed by atoms with van der Waals surface area (Å²) in [5, 5.41) is 2.69. The van der Waals surface area contributed by atoms with Crippen molar-refractivity contribution in [3.05, 3.63) is 71.8 Å². The number of carbonyl (C=O) groups is 3. The molecule has 0 saturated heterocycles. The van der Waals surface area contributed by atoms with Crippen LogP contribution in [0.4, 0.5) is 4.79 Å². The lowest BCUT2D eigenvalue weighted by molar-refractivity contribution is -0.155. The second-order valence-corrected chi connectivity index (χ2v) is 17.7. The Kier molecular flexibility index (Phi) is 11.8. The van der Waals surface area contributed by atoms with Crippen molar-refractivity contribution in [1.29, 1.82) is 0 Å². The molecule has 0 unspecified atom stereocenters. The van der Waals surface area contributed by atoms with Gasteiger partial charge in [-0.1, -0.05) is 101 Å². The number of amides is 1. The number of fused-ring (bicyclic) bond motifs is 3. The maximum atomic E-state index is 13.2. The first-order chi connectivity index (χ1) is 19.5. The van der Waals surface area contributed by atoms with E-state index in [-0.39, 0.29) is 24.9 Å².